The highest BCUT2D eigenvalue weighted by atomic mass is 35.5. The Kier molecular flexibility index (Phi) is 4.25. The van der Waals surface area contributed by atoms with Gasteiger partial charge < -0.3 is 5.32 Å². The third-order valence-electron chi connectivity index (χ3n) is 3.14. The van der Waals surface area contributed by atoms with Gasteiger partial charge in [0.25, 0.3) is 5.69 Å². The second-order valence-corrected chi connectivity index (χ2v) is 5.13. The lowest BCUT2D eigenvalue weighted by atomic mass is 10.1. The maximum atomic E-state index is 11.0. The number of benzene rings is 2. The zero-order valence-electron chi connectivity index (χ0n) is 11.3. The average molecular weight is 291 g/mol. The molecular weight excluding hydrogens is 276 g/mol. The van der Waals surface area contributed by atoms with E-state index in [9.17, 15) is 10.1 Å². The number of aryl methyl sites for hydroxylation is 2. The summed E-state index contributed by atoms with van der Waals surface area (Å²) in [4.78, 5) is 10.6. The van der Waals surface area contributed by atoms with E-state index < -0.39 is 0 Å². The van der Waals surface area contributed by atoms with Gasteiger partial charge in [-0.3, -0.25) is 10.1 Å². The molecule has 4 nitrogen and oxygen atoms in total. The van der Waals surface area contributed by atoms with Crippen LogP contribution in [0.1, 0.15) is 16.7 Å². The van der Waals surface area contributed by atoms with Crippen LogP contribution in [0.2, 0.25) is 5.02 Å². The first-order valence-corrected chi connectivity index (χ1v) is 6.59. The van der Waals surface area contributed by atoms with Crippen LogP contribution in [0, 0.1) is 24.0 Å². The highest BCUT2D eigenvalue weighted by Gasteiger charge is 2.13. The smallest absolute Gasteiger partial charge is 0.274 e. The fourth-order valence-electron chi connectivity index (χ4n) is 2.03. The van der Waals surface area contributed by atoms with Gasteiger partial charge in [-0.2, -0.15) is 0 Å². The Morgan fingerprint density at radius 1 is 1.15 bits per heavy atom. The molecule has 20 heavy (non-hydrogen) atoms. The summed E-state index contributed by atoms with van der Waals surface area (Å²) in [6.45, 7) is 4.27. The molecule has 0 spiro atoms. The highest BCUT2D eigenvalue weighted by Crippen LogP contribution is 2.26. The molecule has 0 saturated carbocycles. The fourth-order valence-corrected chi connectivity index (χ4v) is 2.15. The summed E-state index contributed by atoms with van der Waals surface area (Å²) in [7, 11) is 0. The first kappa shape index (κ1) is 14.3. The summed E-state index contributed by atoms with van der Waals surface area (Å²) < 4.78 is 0. The van der Waals surface area contributed by atoms with E-state index in [0.29, 0.717) is 17.1 Å². The molecule has 0 bridgehead atoms. The van der Waals surface area contributed by atoms with Crippen molar-refractivity contribution in [3.05, 3.63) is 68.2 Å². The number of nitrogens with one attached hydrogen (secondary N) is 1. The molecule has 2 rings (SSSR count). The zero-order chi connectivity index (χ0) is 14.7. The summed E-state index contributed by atoms with van der Waals surface area (Å²) in [5, 5.41) is 14.9. The molecule has 0 unspecified atom stereocenters. The lowest BCUT2D eigenvalue weighted by Crippen LogP contribution is -2.03. The summed E-state index contributed by atoms with van der Waals surface area (Å²) in [6, 6.07) is 10.9. The van der Waals surface area contributed by atoms with Crippen LogP contribution in [0.3, 0.4) is 0 Å². The molecule has 0 aliphatic carbocycles. The predicted molar refractivity (Wildman–Crippen MR) is 81.3 cm³/mol. The third-order valence-corrected chi connectivity index (χ3v) is 3.39. The highest BCUT2D eigenvalue weighted by molar-refractivity contribution is 6.30. The van der Waals surface area contributed by atoms with Crippen LogP contribution in [0.4, 0.5) is 11.4 Å². The number of nitro groups is 1. The van der Waals surface area contributed by atoms with E-state index in [1.165, 1.54) is 0 Å². The van der Waals surface area contributed by atoms with Crippen molar-refractivity contribution in [1.29, 1.82) is 0 Å². The molecule has 0 radical (unpaired) electrons. The van der Waals surface area contributed by atoms with Gasteiger partial charge in [-0.25, -0.2) is 0 Å². The Morgan fingerprint density at radius 2 is 1.80 bits per heavy atom. The molecule has 0 saturated heterocycles. The summed E-state index contributed by atoms with van der Waals surface area (Å²) in [5.41, 5.74) is 3.63. The second kappa shape index (κ2) is 5.92. The second-order valence-electron chi connectivity index (χ2n) is 4.69. The Balaban J connectivity index is 2.18. The van der Waals surface area contributed by atoms with Crippen molar-refractivity contribution in [3.63, 3.8) is 0 Å². The Morgan fingerprint density at radius 3 is 2.40 bits per heavy atom. The van der Waals surface area contributed by atoms with E-state index in [1.54, 1.807) is 13.0 Å². The number of nitro benzene ring substituents is 1. The van der Waals surface area contributed by atoms with Crippen LogP contribution in [-0.2, 0) is 6.54 Å². The minimum absolute atomic E-state index is 0.134. The third kappa shape index (κ3) is 3.27. The molecule has 2 aromatic rings. The summed E-state index contributed by atoms with van der Waals surface area (Å²) >= 11 is 5.83. The maximum Gasteiger partial charge on any atom is 0.274 e. The van der Waals surface area contributed by atoms with Crippen molar-refractivity contribution >= 4 is 23.0 Å². The van der Waals surface area contributed by atoms with Gasteiger partial charge in [-0.1, -0.05) is 23.7 Å². The van der Waals surface area contributed by atoms with Gasteiger partial charge >= 0.3 is 0 Å². The first-order chi connectivity index (χ1) is 9.47. The van der Waals surface area contributed by atoms with E-state index in [1.807, 2.05) is 37.3 Å². The monoisotopic (exact) mass is 290 g/mol. The van der Waals surface area contributed by atoms with Gasteiger partial charge in [0.2, 0.25) is 0 Å². The molecule has 0 atom stereocenters. The lowest BCUT2D eigenvalue weighted by molar-refractivity contribution is -0.385. The molecule has 0 amide bonds. The van der Waals surface area contributed by atoms with Crippen molar-refractivity contribution in [2.45, 2.75) is 20.4 Å². The predicted octanol–water partition coefficient (Wildman–Crippen LogP) is 4.48. The number of anilines is 1. The van der Waals surface area contributed by atoms with Gasteiger partial charge in [-0.05, 0) is 43.2 Å². The summed E-state index contributed by atoms with van der Waals surface area (Å²) in [5.74, 6) is 0. The number of nitrogens with zero attached hydrogens (tertiary/aromatic N) is 1. The summed E-state index contributed by atoms with van der Waals surface area (Å²) in [6.07, 6.45) is 0. The largest absolute Gasteiger partial charge is 0.381 e. The van der Waals surface area contributed by atoms with Gasteiger partial charge in [0.15, 0.2) is 0 Å². The van der Waals surface area contributed by atoms with Crippen LogP contribution in [0.5, 0.6) is 0 Å². The lowest BCUT2D eigenvalue weighted by Gasteiger charge is -2.11. The number of hydrogen-bond acceptors (Lipinski definition) is 3. The molecule has 2 aromatic carbocycles. The minimum atomic E-state index is -0.359. The number of hydrogen-bond donors (Lipinski definition) is 1. The van der Waals surface area contributed by atoms with Crippen LogP contribution in [0.15, 0.2) is 36.4 Å². The molecule has 0 aliphatic heterocycles. The van der Waals surface area contributed by atoms with Crippen LogP contribution < -0.4 is 5.32 Å². The SMILES string of the molecule is Cc1cc(C)c([N+](=O)[O-])cc1NCc1ccc(Cl)cc1. The fraction of sp³-hybridized carbons (Fsp3) is 0.200. The van der Waals surface area contributed by atoms with E-state index >= 15 is 0 Å². The van der Waals surface area contributed by atoms with Crippen molar-refractivity contribution in [2.75, 3.05) is 5.32 Å². The van der Waals surface area contributed by atoms with Crippen molar-refractivity contribution in [3.8, 4) is 0 Å². The van der Waals surface area contributed by atoms with Crippen LogP contribution in [0.25, 0.3) is 0 Å². The normalized spacial score (nSPS) is 10.3. The van der Waals surface area contributed by atoms with Crippen molar-refractivity contribution < 1.29 is 4.92 Å². The minimum Gasteiger partial charge on any atom is -0.381 e. The molecule has 0 aliphatic rings. The van der Waals surface area contributed by atoms with E-state index in [2.05, 4.69) is 5.32 Å². The van der Waals surface area contributed by atoms with Crippen LogP contribution >= 0.6 is 11.6 Å². The van der Waals surface area contributed by atoms with Crippen molar-refractivity contribution in [2.24, 2.45) is 0 Å². The maximum absolute atomic E-state index is 11.0. The molecule has 0 heterocycles. The molecule has 104 valence electrons. The van der Waals surface area contributed by atoms with Crippen molar-refractivity contribution in [1.82, 2.24) is 0 Å². The Hall–Kier alpha value is -2.07. The quantitative estimate of drug-likeness (QED) is 0.667. The first-order valence-electron chi connectivity index (χ1n) is 6.21. The number of halogens is 1. The Bertz CT molecular complexity index is 639. The van der Waals surface area contributed by atoms with E-state index in [4.69, 9.17) is 11.6 Å². The number of rotatable bonds is 4. The molecule has 0 fully saturated rings. The standard InChI is InChI=1S/C15H15ClN2O2/c1-10-7-11(2)15(18(19)20)8-14(10)17-9-12-3-5-13(16)6-4-12/h3-8,17H,9H2,1-2H3. The van der Waals surface area contributed by atoms with Gasteiger partial charge in [0.1, 0.15) is 0 Å². The molecular formula is C15H15ClN2O2. The molecule has 0 aromatic heterocycles. The zero-order valence-corrected chi connectivity index (χ0v) is 12.1. The van der Waals surface area contributed by atoms with E-state index in [0.717, 1.165) is 16.8 Å². The topological polar surface area (TPSA) is 55.2 Å². The van der Waals surface area contributed by atoms with Gasteiger partial charge in [0, 0.05) is 28.9 Å². The molecule has 1 N–H and O–H groups in total. The van der Waals surface area contributed by atoms with Gasteiger partial charge in [0.05, 0.1) is 4.92 Å². The van der Waals surface area contributed by atoms with E-state index in [-0.39, 0.29) is 10.6 Å². The molecule has 5 heteroatoms. The van der Waals surface area contributed by atoms with Gasteiger partial charge in [-0.15, -0.1) is 0 Å². The van der Waals surface area contributed by atoms with Crippen LogP contribution in [-0.4, -0.2) is 4.92 Å². The Labute approximate surface area is 122 Å². The average Bonchev–Trinajstić information content (AvgIpc) is 2.39.